The molecule has 0 aliphatic heterocycles. The van der Waals surface area contributed by atoms with Crippen LogP contribution in [0.4, 0.5) is 5.69 Å². The summed E-state index contributed by atoms with van der Waals surface area (Å²) in [6, 6.07) is 6.62. The van der Waals surface area contributed by atoms with Gasteiger partial charge in [-0.05, 0) is 62.4 Å². The Bertz CT molecular complexity index is 775. The number of esters is 1. The van der Waals surface area contributed by atoms with Crippen molar-refractivity contribution in [3.63, 3.8) is 0 Å². The van der Waals surface area contributed by atoms with Crippen molar-refractivity contribution in [2.24, 2.45) is 0 Å². The minimum atomic E-state index is -0.926. The normalized spacial score (nSPS) is 14.5. The average Bonchev–Trinajstić information content (AvgIpc) is 2.97. The summed E-state index contributed by atoms with van der Waals surface area (Å²) < 4.78 is 5.30. The molecule has 1 aliphatic carbocycles. The fraction of sp³-hybridized carbons (Fsp3) is 0.333. The number of benzene rings is 1. The summed E-state index contributed by atoms with van der Waals surface area (Å²) in [6.45, 7) is 1.53. The number of fused-ring (bicyclic) bond motifs is 1. The van der Waals surface area contributed by atoms with Crippen molar-refractivity contribution >= 4 is 52.1 Å². The summed E-state index contributed by atoms with van der Waals surface area (Å²) >= 11 is 13.3. The third kappa shape index (κ3) is 4.54. The van der Waals surface area contributed by atoms with Crippen LogP contribution in [0.5, 0.6) is 0 Å². The lowest BCUT2D eigenvalue weighted by atomic mass is 9.99. The molecule has 0 unspecified atom stereocenters. The minimum absolute atomic E-state index is 0.414. The number of aryl methyl sites for hydroxylation is 2. The lowest BCUT2D eigenvalue weighted by Crippen LogP contribution is -2.29. The van der Waals surface area contributed by atoms with Crippen LogP contribution >= 0.6 is 34.5 Å². The molecule has 1 aromatic carbocycles. The van der Waals surface area contributed by atoms with E-state index in [9.17, 15) is 9.59 Å². The molecule has 25 heavy (non-hydrogen) atoms. The molecule has 132 valence electrons. The van der Waals surface area contributed by atoms with Crippen molar-refractivity contribution in [3.8, 4) is 0 Å². The number of nitrogens with one attached hydrogen (secondary N) is 1. The quantitative estimate of drug-likeness (QED) is 0.728. The Morgan fingerprint density at radius 2 is 1.80 bits per heavy atom. The third-order valence-electron chi connectivity index (χ3n) is 3.98. The summed E-state index contributed by atoms with van der Waals surface area (Å²) in [5.74, 6) is -0.904. The molecule has 1 atom stereocenters. The van der Waals surface area contributed by atoms with E-state index in [0.717, 1.165) is 25.7 Å². The second-order valence-corrected chi connectivity index (χ2v) is 7.97. The molecule has 0 saturated carbocycles. The second-order valence-electron chi connectivity index (χ2n) is 5.96. The minimum Gasteiger partial charge on any atom is -0.448 e. The highest BCUT2D eigenvalue weighted by Gasteiger charge is 2.23. The van der Waals surface area contributed by atoms with Crippen molar-refractivity contribution in [2.75, 3.05) is 5.32 Å². The van der Waals surface area contributed by atoms with Gasteiger partial charge in [0.25, 0.3) is 5.91 Å². The fourth-order valence-corrected chi connectivity index (χ4v) is 4.40. The van der Waals surface area contributed by atoms with E-state index in [1.807, 2.05) is 6.07 Å². The average molecular weight is 398 g/mol. The molecule has 0 fully saturated rings. The summed E-state index contributed by atoms with van der Waals surface area (Å²) in [6.07, 6.45) is 3.40. The first-order valence-corrected chi connectivity index (χ1v) is 9.59. The first kappa shape index (κ1) is 18.2. The SMILES string of the molecule is C[C@H](OC(=O)c1cc2c(s1)CCCC2)C(=O)Nc1cc(Cl)cc(Cl)c1. The number of carbonyl (C=O) groups is 2. The maximum Gasteiger partial charge on any atom is 0.349 e. The zero-order chi connectivity index (χ0) is 18.0. The number of carbonyl (C=O) groups excluding carboxylic acids is 2. The van der Waals surface area contributed by atoms with Crippen LogP contribution in [0.2, 0.25) is 10.0 Å². The van der Waals surface area contributed by atoms with Gasteiger partial charge in [0.15, 0.2) is 6.10 Å². The van der Waals surface area contributed by atoms with Crippen LogP contribution in [0.25, 0.3) is 0 Å². The largest absolute Gasteiger partial charge is 0.448 e. The number of ether oxygens (including phenoxy) is 1. The molecule has 1 amide bonds. The van der Waals surface area contributed by atoms with E-state index in [1.165, 1.54) is 28.7 Å². The number of hydrogen-bond donors (Lipinski definition) is 1. The first-order valence-electron chi connectivity index (χ1n) is 8.02. The molecular formula is C18H17Cl2NO3S. The predicted molar refractivity (Wildman–Crippen MR) is 101 cm³/mol. The summed E-state index contributed by atoms with van der Waals surface area (Å²) in [4.78, 5) is 26.3. The van der Waals surface area contributed by atoms with Crippen molar-refractivity contribution in [2.45, 2.75) is 38.7 Å². The van der Waals surface area contributed by atoms with E-state index >= 15 is 0 Å². The van der Waals surface area contributed by atoms with Gasteiger partial charge in [-0.1, -0.05) is 23.2 Å². The van der Waals surface area contributed by atoms with Crippen molar-refractivity contribution in [1.82, 2.24) is 0 Å². The summed E-state index contributed by atoms with van der Waals surface area (Å²) in [7, 11) is 0. The van der Waals surface area contributed by atoms with Gasteiger partial charge < -0.3 is 10.1 Å². The van der Waals surface area contributed by atoms with Crippen LogP contribution in [0, 0.1) is 0 Å². The molecule has 3 rings (SSSR count). The number of hydrogen-bond acceptors (Lipinski definition) is 4. The highest BCUT2D eigenvalue weighted by atomic mass is 35.5. The van der Waals surface area contributed by atoms with Crippen LogP contribution in [-0.2, 0) is 22.4 Å². The van der Waals surface area contributed by atoms with E-state index in [1.54, 1.807) is 18.2 Å². The van der Waals surface area contributed by atoms with Gasteiger partial charge in [0.2, 0.25) is 0 Å². The van der Waals surface area contributed by atoms with Crippen LogP contribution in [0.1, 0.15) is 39.9 Å². The molecule has 0 bridgehead atoms. The number of amides is 1. The Hall–Kier alpha value is -1.56. The van der Waals surface area contributed by atoms with Gasteiger partial charge in [-0.15, -0.1) is 11.3 Å². The van der Waals surface area contributed by atoms with Crippen LogP contribution in [0.3, 0.4) is 0 Å². The van der Waals surface area contributed by atoms with Gasteiger partial charge in [-0.3, -0.25) is 4.79 Å². The smallest absolute Gasteiger partial charge is 0.349 e. The molecule has 4 nitrogen and oxygen atoms in total. The van der Waals surface area contributed by atoms with Gasteiger partial charge in [-0.2, -0.15) is 0 Å². The van der Waals surface area contributed by atoms with Gasteiger partial charge in [0.1, 0.15) is 4.88 Å². The predicted octanol–water partition coefficient (Wildman–Crippen LogP) is 5.12. The molecule has 0 radical (unpaired) electrons. The molecule has 1 heterocycles. The lowest BCUT2D eigenvalue weighted by molar-refractivity contribution is -0.123. The Balaban J connectivity index is 1.62. The van der Waals surface area contributed by atoms with Gasteiger partial charge in [-0.25, -0.2) is 4.79 Å². The van der Waals surface area contributed by atoms with E-state index in [2.05, 4.69) is 5.32 Å². The van der Waals surface area contributed by atoms with E-state index < -0.39 is 18.0 Å². The van der Waals surface area contributed by atoms with Crippen LogP contribution < -0.4 is 5.32 Å². The van der Waals surface area contributed by atoms with Crippen molar-refractivity contribution < 1.29 is 14.3 Å². The topological polar surface area (TPSA) is 55.4 Å². The second kappa shape index (κ2) is 7.77. The molecule has 1 aromatic heterocycles. The fourth-order valence-electron chi connectivity index (χ4n) is 2.73. The molecule has 1 N–H and O–H groups in total. The van der Waals surface area contributed by atoms with E-state index in [0.29, 0.717) is 20.6 Å². The number of halogens is 2. The van der Waals surface area contributed by atoms with Gasteiger partial charge >= 0.3 is 5.97 Å². The standard InChI is InChI=1S/C18H17Cl2NO3S/c1-10(17(22)21-14-8-12(19)7-13(20)9-14)24-18(23)16-6-11-4-2-3-5-15(11)25-16/h6-10H,2-5H2,1H3,(H,21,22)/t10-/m0/s1. The number of rotatable bonds is 4. The monoisotopic (exact) mass is 397 g/mol. The highest BCUT2D eigenvalue weighted by Crippen LogP contribution is 2.30. The number of anilines is 1. The van der Waals surface area contributed by atoms with Gasteiger partial charge in [0, 0.05) is 20.6 Å². The first-order chi connectivity index (χ1) is 11.9. The van der Waals surface area contributed by atoms with E-state index in [4.69, 9.17) is 27.9 Å². The van der Waals surface area contributed by atoms with E-state index in [-0.39, 0.29) is 0 Å². The summed E-state index contributed by atoms with van der Waals surface area (Å²) in [5.41, 5.74) is 1.69. The maximum absolute atomic E-state index is 12.3. The Morgan fingerprint density at radius 1 is 1.12 bits per heavy atom. The third-order valence-corrected chi connectivity index (χ3v) is 5.63. The molecule has 0 saturated heterocycles. The van der Waals surface area contributed by atoms with Crippen LogP contribution in [0.15, 0.2) is 24.3 Å². The molecule has 1 aliphatic rings. The zero-order valence-electron chi connectivity index (χ0n) is 13.6. The summed E-state index contributed by atoms with van der Waals surface area (Å²) in [5, 5.41) is 3.47. The molecule has 7 heteroatoms. The van der Waals surface area contributed by atoms with Crippen molar-refractivity contribution in [1.29, 1.82) is 0 Å². The van der Waals surface area contributed by atoms with Gasteiger partial charge in [0.05, 0.1) is 0 Å². The Labute approximate surface area is 160 Å². The molecule has 2 aromatic rings. The Morgan fingerprint density at radius 3 is 2.48 bits per heavy atom. The maximum atomic E-state index is 12.3. The highest BCUT2D eigenvalue weighted by molar-refractivity contribution is 7.14. The van der Waals surface area contributed by atoms with Crippen molar-refractivity contribution in [3.05, 3.63) is 49.6 Å². The number of thiophene rings is 1. The molecule has 0 spiro atoms. The lowest BCUT2D eigenvalue weighted by Gasteiger charge is -2.13. The Kier molecular flexibility index (Phi) is 5.67. The van der Waals surface area contributed by atoms with Crippen LogP contribution in [-0.4, -0.2) is 18.0 Å². The zero-order valence-corrected chi connectivity index (χ0v) is 15.9. The molecular weight excluding hydrogens is 381 g/mol.